The van der Waals surface area contributed by atoms with Gasteiger partial charge in [0.25, 0.3) is 0 Å². The summed E-state index contributed by atoms with van der Waals surface area (Å²) in [5.41, 5.74) is 3.02. The highest BCUT2D eigenvalue weighted by Crippen LogP contribution is 2.38. The molecule has 1 atom stereocenters. The number of anilines is 1. The van der Waals surface area contributed by atoms with Gasteiger partial charge in [0, 0.05) is 12.2 Å². The number of ether oxygens (including phenoxy) is 2. The van der Waals surface area contributed by atoms with E-state index in [2.05, 4.69) is 32.2 Å². The van der Waals surface area contributed by atoms with E-state index < -0.39 is 0 Å². The van der Waals surface area contributed by atoms with Crippen LogP contribution in [0.15, 0.2) is 35.9 Å². The Morgan fingerprint density at radius 1 is 1.35 bits per heavy atom. The van der Waals surface area contributed by atoms with E-state index in [1.54, 1.807) is 19.1 Å². The van der Waals surface area contributed by atoms with Gasteiger partial charge in [-0.05, 0) is 64.8 Å². The topological polar surface area (TPSA) is 50.9 Å². The fourth-order valence-corrected chi connectivity index (χ4v) is 2.48. The fraction of sp³-hybridized carbons (Fsp3) is 0.526. The third-order valence-electron chi connectivity index (χ3n) is 4.12. The second kappa shape index (κ2) is 7.64. The molecule has 1 aromatic carbocycles. The summed E-state index contributed by atoms with van der Waals surface area (Å²) in [5, 5.41) is 3.33. The number of hydrogen-bond acceptors (Lipinski definition) is 4. The van der Waals surface area contributed by atoms with E-state index in [9.17, 15) is 4.79 Å². The van der Waals surface area contributed by atoms with Gasteiger partial charge in [0.05, 0.1) is 23.9 Å². The molecule has 0 aliphatic carbocycles. The van der Waals surface area contributed by atoms with E-state index in [-0.39, 0.29) is 11.6 Å². The Hall–Kier alpha value is -1.81. The summed E-state index contributed by atoms with van der Waals surface area (Å²) in [6.45, 7) is 9.40. The third kappa shape index (κ3) is 5.39. The van der Waals surface area contributed by atoms with E-state index >= 15 is 0 Å². The van der Waals surface area contributed by atoms with E-state index in [0.29, 0.717) is 18.3 Å². The van der Waals surface area contributed by atoms with Crippen molar-refractivity contribution in [2.75, 3.05) is 18.5 Å². The number of epoxide rings is 1. The number of rotatable bonds is 8. The van der Waals surface area contributed by atoms with Crippen molar-refractivity contribution in [1.82, 2.24) is 0 Å². The van der Waals surface area contributed by atoms with Crippen LogP contribution in [0.3, 0.4) is 0 Å². The highest BCUT2D eigenvalue weighted by molar-refractivity contribution is 5.89. The van der Waals surface area contributed by atoms with E-state index in [1.807, 2.05) is 12.1 Å². The van der Waals surface area contributed by atoms with Gasteiger partial charge in [-0.1, -0.05) is 11.6 Å². The molecule has 1 fully saturated rings. The highest BCUT2D eigenvalue weighted by Gasteiger charge is 2.46. The smallest absolute Gasteiger partial charge is 0.338 e. The second-order valence-corrected chi connectivity index (χ2v) is 6.48. The van der Waals surface area contributed by atoms with Crippen molar-refractivity contribution in [2.24, 2.45) is 0 Å². The zero-order chi connectivity index (χ0) is 16.9. The molecule has 0 bridgehead atoms. The zero-order valence-corrected chi connectivity index (χ0v) is 14.5. The average molecular weight is 317 g/mol. The summed E-state index contributed by atoms with van der Waals surface area (Å²) >= 11 is 0. The molecule has 1 aliphatic rings. The van der Waals surface area contributed by atoms with Gasteiger partial charge in [0.1, 0.15) is 0 Å². The van der Waals surface area contributed by atoms with Crippen molar-refractivity contribution in [3.05, 3.63) is 41.5 Å². The minimum atomic E-state index is -0.278. The first kappa shape index (κ1) is 17.5. The predicted molar refractivity (Wildman–Crippen MR) is 92.8 cm³/mol. The molecule has 1 unspecified atom stereocenters. The Bertz CT molecular complexity index is 560. The standard InChI is InChI=1S/C19H27NO3/c1-5-22-18(21)15-7-9-16(10-8-15)20-13-12-14(2)6-11-17-19(3,4)23-17/h7-10,12,17,20H,5-6,11,13H2,1-4H3. The Morgan fingerprint density at radius 3 is 2.57 bits per heavy atom. The summed E-state index contributed by atoms with van der Waals surface area (Å²) in [7, 11) is 0. The van der Waals surface area contributed by atoms with Gasteiger partial charge in [-0.2, -0.15) is 0 Å². The van der Waals surface area contributed by atoms with Crippen molar-refractivity contribution in [3.8, 4) is 0 Å². The van der Waals surface area contributed by atoms with Crippen LogP contribution in [-0.4, -0.2) is 30.8 Å². The monoisotopic (exact) mass is 317 g/mol. The lowest BCUT2D eigenvalue weighted by Crippen LogP contribution is -2.05. The molecule has 0 aromatic heterocycles. The lowest BCUT2D eigenvalue weighted by atomic mass is 10.0. The molecule has 4 heteroatoms. The lowest BCUT2D eigenvalue weighted by molar-refractivity contribution is 0.0526. The summed E-state index contributed by atoms with van der Waals surface area (Å²) in [6.07, 6.45) is 4.77. The van der Waals surface area contributed by atoms with E-state index in [4.69, 9.17) is 9.47 Å². The largest absolute Gasteiger partial charge is 0.462 e. The molecule has 0 saturated carbocycles. The van der Waals surface area contributed by atoms with Crippen LogP contribution in [0.25, 0.3) is 0 Å². The van der Waals surface area contributed by atoms with E-state index in [0.717, 1.165) is 25.1 Å². The Labute approximate surface area is 138 Å². The number of hydrogen-bond donors (Lipinski definition) is 1. The summed E-state index contributed by atoms with van der Waals surface area (Å²) in [6, 6.07) is 7.36. The van der Waals surface area contributed by atoms with Gasteiger partial charge in [0.15, 0.2) is 0 Å². The van der Waals surface area contributed by atoms with Crippen molar-refractivity contribution < 1.29 is 14.3 Å². The maximum Gasteiger partial charge on any atom is 0.338 e. The van der Waals surface area contributed by atoms with Crippen LogP contribution in [0.2, 0.25) is 0 Å². The number of carbonyl (C=O) groups is 1. The molecule has 0 amide bonds. The molecule has 1 aliphatic heterocycles. The molecule has 0 spiro atoms. The van der Waals surface area contributed by atoms with Gasteiger partial charge in [-0.15, -0.1) is 0 Å². The van der Waals surface area contributed by atoms with Gasteiger partial charge < -0.3 is 14.8 Å². The van der Waals surface area contributed by atoms with Gasteiger partial charge in [-0.3, -0.25) is 0 Å². The van der Waals surface area contributed by atoms with Gasteiger partial charge in [-0.25, -0.2) is 4.79 Å². The third-order valence-corrected chi connectivity index (χ3v) is 4.12. The summed E-state index contributed by atoms with van der Waals surface area (Å²) < 4.78 is 10.6. The van der Waals surface area contributed by atoms with E-state index in [1.165, 1.54) is 5.57 Å². The maximum absolute atomic E-state index is 11.6. The quantitative estimate of drug-likeness (QED) is 0.444. The first-order chi connectivity index (χ1) is 10.9. The molecule has 4 nitrogen and oxygen atoms in total. The molecule has 1 aromatic rings. The van der Waals surface area contributed by atoms with Crippen LogP contribution in [0.1, 0.15) is 50.9 Å². The van der Waals surface area contributed by atoms with Crippen LogP contribution in [0, 0.1) is 0 Å². The van der Waals surface area contributed by atoms with Gasteiger partial charge >= 0.3 is 5.97 Å². The maximum atomic E-state index is 11.6. The Kier molecular flexibility index (Phi) is 5.83. The van der Waals surface area contributed by atoms with Crippen LogP contribution >= 0.6 is 0 Å². The normalized spacial score (nSPS) is 19.3. The summed E-state index contributed by atoms with van der Waals surface area (Å²) in [4.78, 5) is 11.6. The first-order valence-electron chi connectivity index (χ1n) is 8.27. The molecular weight excluding hydrogens is 290 g/mol. The number of nitrogens with one attached hydrogen (secondary N) is 1. The van der Waals surface area contributed by atoms with Gasteiger partial charge in [0.2, 0.25) is 0 Å². The molecule has 126 valence electrons. The van der Waals surface area contributed by atoms with Crippen molar-refractivity contribution >= 4 is 11.7 Å². The molecular formula is C19H27NO3. The van der Waals surface area contributed by atoms with Crippen LogP contribution in [0.4, 0.5) is 5.69 Å². The highest BCUT2D eigenvalue weighted by atomic mass is 16.6. The van der Waals surface area contributed by atoms with Crippen molar-refractivity contribution in [3.63, 3.8) is 0 Å². The molecule has 2 rings (SSSR count). The van der Waals surface area contributed by atoms with Crippen LogP contribution < -0.4 is 5.32 Å². The number of allylic oxidation sites excluding steroid dienone is 1. The van der Waals surface area contributed by atoms with Crippen molar-refractivity contribution in [2.45, 2.75) is 52.2 Å². The molecule has 1 heterocycles. The molecule has 1 saturated heterocycles. The van der Waals surface area contributed by atoms with Crippen molar-refractivity contribution in [1.29, 1.82) is 0 Å². The number of esters is 1. The average Bonchev–Trinajstić information content (AvgIpc) is 3.13. The predicted octanol–water partition coefficient (Wildman–Crippen LogP) is 4.18. The van der Waals surface area contributed by atoms with Crippen LogP contribution in [-0.2, 0) is 9.47 Å². The number of benzene rings is 1. The Morgan fingerprint density at radius 2 is 2.00 bits per heavy atom. The fourth-order valence-electron chi connectivity index (χ4n) is 2.48. The lowest BCUT2D eigenvalue weighted by Gasteiger charge is -2.06. The van der Waals surface area contributed by atoms with Crippen LogP contribution in [0.5, 0.6) is 0 Å². The SMILES string of the molecule is CCOC(=O)c1ccc(NCC=C(C)CCC2OC2(C)C)cc1. The summed E-state index contributed by atoms with van der Waals surface area (Å²) in [5.74, 6) is -0.278. The minimum Gasteiger partial charge on any atom is -0.462 e. The Balaban J connectivity index is 1.72. The molecule has 0 radical (unpaired) electrons. The molecule has 23 heavy (non-hydrogen) atoms. The first-order valence-corrected chi connectivity index (χ1v) is 8.27. The minimum absolute atomic E-state index is 0.0825. The second-order valence-electron chi connectivity index (χ2n) is 6.48. The molecule has 1 N–H and O–H groups in total. The number of carbonyl (C=O) groups excluding carboxylic acids is 1. The zero-order valence-electron chi connectivity index (χ0n) is 14.5.